The Labute approximate surface area is 179 Å². The molecule has 0 radical (unpaired) electrons. The van der Waals surface area contributed by atoms with Crippen LogP contribution < -0.4 is 0 Å². The summed E-state index contributed by atoms with van der Waals surface area (Å²) in [6.45, 7) is 0.375. The number of imidazole rings is 1. The van der Waals surface area contributed by atoms with E-state index in [0.29, 0.717) is 35.4 Å². The molecule has 0 saturated heterocycles. The van der Waals surface area contributed by atoms with Gasteiger partial charge in [-0.05, 0) is 30.3 Å². The zero-order chi connectivity index (χ0) is 21.7. The molecule has 1 aliphatic rings. The number of nitrogens with one attached hydrogen (secondary N) is 1. The number of aromatic nitrogens is 7. The molecule has 158 valence electrons. The van der Waals surface area contributed by atoms with Crippen molar-refractivity contribution >= 4 is 11.4 Å². The maximum atomic E-state index is 14.2. The number of halogens is 1. The van der Waals surface area contributed by atoms with Gasteiger partial charge in [-0.2, -0.15) is 9.49 Å². The van der Waals surface area contributed by atoms with E-state index in [2.05, 4.69) is 30.2 Å². The number of carbonyl (C=O) groups is 1. The lowest BCUT2D eigenvalue weighted by Gasteiger charge is -2.32. The number of H-pyrrole nitrogens is 1. The zero-order valence-electron chi connectivity index (χ0n) is 16.5. The second kappa shape index (κ2) is 7.08. The summed E-state index contributed by atoms with van der Waals surface area (Å²) in [6, 6.07) is 9.29. The number of nitrogens with zero attached hydrogens (tertiary/aromatic N) is 7. The van der Waals surface area contributed by atoms with Crippen molar-refractivity contribution in [3.8, 4) is 11.5 Å². The smallest absolute Gasteiger partial charge is 0.312 e. The maximum absolute atomic E-state index is 14.2. The molecular weight excluding hydrogens is 415 g/mol. The van der Waals surface area contributed by atoms with Gasteiger partial charge in [0.25, 0.3) is 0 Å². The minimum atomic E-state index is -0.634. The lowest BCUT2D eigenvalue weighted by Crippen LogP contribution is -2.41. The summed E-state index contributed by atoms with van der Waals surface area (Å²) in [6.07, 6.45) is 5.36. The molecule has 10 nitrogen and oxygen atoms in total. The first-order chi connectivity index (χ1) is 15.7. The molecule has 0 saturated carbocycles. The Kier molecular flexibility index (Phi) is 4.06. The number of pyridine rings is 2. The Balaban J connectivity index is 1.41. The molecule has 0 bridgehead atoms. The Hall–Kier alpha value is -4.41. The first-order valence-corrected chi connectivity index (χ1v) is 9.90. The van der Waals surface area contributed by atoms with Gasteiger partial charge in [-0.15, -0.1) is 10.2 Å². The molecule has 1 aliphatic heterocycles. The van der Waals surface area contributed by atoms with Crippen LogP contribution in [0.5, 0.6) is 0 Å². The quantitative estimate of drug-likeness (QED) is 0.437. The van der Waals surface area contributed by atoms with Crippen molar-refractivity contribution in [1.82, 2.24) is 39.7 Å². The van der Waals surface area contributed by atoms with Gasteiger partial charge in [-0.1, -0.05) is 6.07 Å². The van der Waals surface area contributed by atoms with Crippen LogP contribution in [0.1, 0.15) is 33.8 Å². The van der Waals surface area contributed by atoms with Gasteiger partial charge in [0.1, 0.15) is 6.04 Å². The van der Waals surface area contributed by atoms with Crippen molar-refractivity contribution in [2.75, 3.05) is 6.54 Å². The average molecular weight is 430 g/mol. The third kappa shape index (κ3) is 2.86. The molecule has 0 fully saturated rings. The lowest BCUT2D eigenvalue weighted by atomic mass is 9.99. The summed E-state index contributed by atoms with van der Waals surface area (Å²) in [4.78, 5) is 26.5. The second-order valence-corrected chi connectivity index (χ2v) is 7.33. The summed E-state index contributed by atoms with van der Waals surface area (Å²) in [5, 5.41) is 12.3. The highest BCUT2D eigenvalue weighted by molar-refractivity contribution is 5.90. The molecule has 1 unspecified atom stereocenters. The summed E-state index contributed by atoms with van der Waals surface area (Å²) in [5.41, 5.74) is 3.23. The van der Waals surface area contributed by atoms with Crippen LogP contribution in [0.2, 0.25) is 0 Å². The van der Waals surface area contributed by atoms with Gasteiger partial charge >= 0.3 is 11.8 Å². The van der Waals surface area contributed by atoms with Crippen molar-refractivity contribution in [1.29, 1.82) is 0 Å². The maximum Gasteiger partial charge on any atom is 0.312 e. The number of hydrogen-bond acceptors (Lipinski definition) is 7. The Bertz CT molecular complexity index is 1440. The van der Waals surface area contributed by atoms with E-state index in [-0.39, 0.29) is 11.8 Å². The summed E-state index contributed by atoms with van der Waals surface area (Å²) in [5.74, 6) is -0.903. The summed E-state index contributed by atoms with van der Waals surface area (Å²) < 4.78 is 21.1. The molecule has 5 aromatic rings. The van der Waals surface area contributed by atoms with E-state index in [1.54, 1.807) is 54.0 Å². The van der Waals surface area contributed by atoms with Crippen LogP contribution in [0.3, 0.4) is 0 Å². The predicted octanol–water partition coefficient (Wildman–Crippen LogP) is 2.43. The van der Waals surface area contributed by atoms with E-state index in [9.17, 15) is 9.18 Å². The van der Waals surface area contributed by atoms with Crippen molar-refractivity contribution in [2.24, 2.45) is 0 Å². The van der Waals surface area contributed by atoms with Crippen LogP contribution in [0.15, 0.2) is 59.5 Å². The van der Waals surface area contributed by atoms with Crippen molar-refractivity contribution < 1.29 is 13.6 Å². The minimum Gasteiger partial charge on any atom is -0.412 e. The highest BCUT2D eigenvalue weighted by atomic mass is 19.1. The molecular formula is C21H15FN8O2. The first kappa shape index (κ1) is 18.4. The molecule has 32 heavy (non-hydrogen) atoms. The van der Waals surface area contributed by atoms with Gasteiger partial charge in [0, 0.05) is 31.1 Å². The molecule has 0 spiro atoms. The Morgan fingerprint density at radius 1 is 1.22 bits per heavy atom. The third-order valence-electron chi connectivity index (χ3n) is 5.44. The van der Waals surface area contributed by atoms with Crippen LogP contribution in [-0.4, -0.2) is 52.1 Å². The Morgan fingerprint density at radius 2 is 2.16 bits per heavy atom. The molecule has 5 aromatic heterocycles. The monoisotopic (exact) mass is 430 g/mol. The first-order valence-electron chi connectivity index (χ1n) is 9.90. The van der Waals surface area contributed by atoms with Gasteiger partial charge in [0.15, 0.2) is 0 Å². The van der Waals surface area contributed by atoms with Gasteiger partial charge in [0.2, 0.25) is 11.8 Å². The molecule has 11 heteroatoms. The summed E-state index contributed by atoms with van der Waals surface area (Å²) >= 11 is 0. The number of aromatic amines is 1. The van der Waals surface area contributed by atoms with E-state index in [4.69, 9.17) is 4.42 Å². The second-order valence-electron chi connectivity index (χ2n) is 7.33. The Morgan fingerprint density at radius 3 is 3.00 bits per heavy atom. The SMILES string of the molecule is O=C(c1nnc(-c2cccnc2)o1)N1CCc2[nH]cnc2C1c1cc2cccc(F)n2n1. The van der Waals surface area contributed by atoms with E-state index in [0.717, 1.165) is 5.69 Å². The number of hydrogen-bond donors (Lipinski definition) is 1. The summed E-state index contributed by atoms with van der Waals surface area (Å²) in [7, 11) is 0. The zero-order valence-corrected chi connectivity index (χ0v) is 16.5. The predicted molar refractivity (Wildman–Crippen MR) is 108 cm³/mol. The highest BCUT2D eigenvalue weighted by Crippen LogP contribution is 2.34. The average Bonchev–Trinajstić information content (AvgIpc) is 3.58. The molecule has 0 aromatic carbocycles. The molecule has 6 heterocycles. The number of rotatable bonds is 3. The van der Waals surface area contributed by atoms with Crippen molar-refractivity contribution in [3.05, 3.63) is 84.0 Å². The number of carbonyl (C=O) groups excluding carboxylic acids is 1. The van der Waals surface area contributed by atoms with Gasteiger partial charge in [-0.25, -0.2) is 9.50 Å². The van der Waals surface area contributed by atoms with Crippen LogP contribution >= 0.6 is 0 Å². The highest BCUT2D eigenvalue weighted by Gasteiger charge is 2.38. The standard InChI is InChI=1S/C21H15FN8O2/c22-16-5-1-4-13-9-15(28-30(13)16)18-17-14(24-11-25-17)6-8-29(18)21(31)20-27-26-19(32-20)12-3-2-7-23-10-12/h1-5,7,9-11,18H,6,8H2,(H,24,25). The molecule has 1 N–H and O–H groups in total. The largest absolute Gasteiger partial charge is 0.412 e. The number of fused-ring (bicyclic) bond motifs is 2. The van der Waals surface area contributed by atoms with E-state index >= 15 is 0 Å². The molecule has 0 aliphatic carbocycles. The van der Waals surface area contributed by atoms with Crippen LogP contribution in [0.25, 0.3) is 17.0 Å². The fourth-order valence-corrected chi connectivity index (χ4v) is 3.97. The van der Waals surface area contributed by atoms with Crippen molar-refractivity contribution in [3.63, 3.8) is 0 Å². The van der Waals surface area contributed by atoms with E-state index < -0.39 is 17.9 Å². The molecule has 1 amide bonds. The van der Waals surface area contributed by atoms with Gasteiger partial charge in [-0.3, -0.25) is 9.78 Å². The van der Waals surface area contributed by atoms with Crippen LogP contribution in [0, 0.1) is 5.95 Å². The number of amides is 1. The fraction of sp³-hybridized carbons (Fsp3) is 0.143. The fourth-order valence-electron chi connectivity index (χ4n) is 3.97. The third-order valence-corrected chi connectivity index (χ3v) is 5.44. The van der Waals surface area contributed by atoms with Gasteiger partial charge in [0.05, 0.1) is 28.8 Å². The van der Waals surface area contributed by atoms with Crippen molar-refractivity contribution in [2.45, 2.75) is 12.5 Å². The van der Waals surface area contributed by atoms with E-state index in [1.165, 1.54) is 10.6 Å². The molecule has 6 rings (SSSR count). The van der Waals surface area contributed by atoms with E-state index in [1.807, 2.05) is 0 Å². The van der Waals surface area contributed by atoms with Crippen LogP contribution in [0.4, 0.5) is 4.39 Å². The normalized spacial score (nSPS) is 15.8. The minimum absolute atomic E-state index is 0.150. The van der Waals surface area contributed by atoms with Crippen LogP contribution in [-0.2, 0) is 6.42 Å². The lowest BCUT2D eigenvalue weighted by molar-refractivity contribution is 0.0646. The topological polar surface area (TPSA) is 118 Å². The molecule has 1 atom stereocenters. The van der Waals surface area contributed by atoms with Gasteiger partial charge < -0.3 is 14.3 Å².